The fourth-order valence-corrected chi connectivity index (χ4v) is 3.39. The van der Waals surface area contributed by atoms with E-state index in [2.05, 4.69) is 28.2 Å². The van der Waals surface area contributed by atoms with Crippen molar-refractivity contribution >= 4 is 15.9 Å². The van der Waals surface area contributed by atoms with E-state index in [0.29, 0.717) is 16.9 Å². The van der Waals surface area contributed by atoms with Gasteiger partial charge in [0.2, 0.25) is 0 Å². The molecule has 1 saturated carbocycles. The monoisotopic (exact) mass is 329 g/mol. The SMILES string of the molecule is CC1CCCC(CO)(NCc2cccc(F)c2Br)C1. The van der Waals surface area contributed by atoms with E-state index in [1.165, 1.54) is 12.5 Å². The second-order valence-corrected chi connectivity index (χ2v) is 6.50. The summed E-state index contributed by atoms with van der Waals surface area (Å²) in [7, 11) is 0. The van der Waals surface area contributed by atoms with Gasteiger partial charge in [-0.3, -0.25) is 0 Å². The summed E-state index contributed by atoms with van der Waals surface area (Å²) in [5, 5.41) is 13.2. The molecular weight excluding hydrogens is 309 g/mol. The molecule has 0 aromatic heterocycles. The molecule has 0 spiro atoms. The molecule has 2 nitrogen and oxygen atoms in total. The molecule has 1 aliphatic carbocycles. The first-order valence-corrected chi connectivity index (χ1v) is 7.64. The van der Waals surface area contributed by atoms with Crippen LogP contribution < -0.4 is 5.32 Å². The van der Waals surface area contributed by atoms with Gasteiger partial charge in [-0.2, -0.15) is 0 Å². The van der Waals surface area contributed by atoms with E-state index in [1.54, 1.807) is 6.07 Å². The molecule has 2 N–H and O–H groups in total. The minimum Gasteiger partial charge on any atom is -0.394 e. The van der Waals surface area contributed by atoms with Crippen LogP contribution in [0.5, 0.6) is 0 Å². The molecule has 1 aromatic carbocycles. The minimum absolute atomic E-state index is 0.143. The predicted octanol–water partition coefficient (Wildman–Crippen LogP) is 3.62. The molecule has 1 aromatic rings. The number of benzene rings is 1. The van der Waals surface area contributed by atoms with Gasteiger partial charge in [-0.05, 0) is 46.3 Å². The van der Waals surface area contributed by atoms with Gasteiger partial charge >= 0.3 is 0 Å². The molecule has 0 radical (unpaired) electrons. The number of nitrogens with one attached hydrogen (secondary N) is 1. The fraction of sp³-hybridized carbons (Fsp3) is 0.600. The molecule has 1 fully saturated rings. The van der Waals surface area contributed by atoms with Crippen LogP contribution in [0.2, 0.25) is 0 Å². The molecule has 4 heteroatoms. The quantitative estimate of drug-likeness (QED) is 0.884. The van der Waals surface area contributed by atoms with Gasteiger partial charge in [0.1, 0.15) is 5.82 Å². The highest BCUT2D eigenvalue weighted by atomic mass is 79.9. The Labute approximate surface area is 122 Å². The molecule has 0 bridgehead atoms. The van der Waals surface area contributed by atoms with E-state index in [-0.39, 0.29) is 18.0 Å². The minimum atomic E-state index is -0.241. The molecule has 2 unspecified atom stereocenters. The average molecular weight is 330 g/mol. The average Bonchev–Trinajstić information content (AvgIpc) is 2.40. The zero-order chi connectivity index (χ0) is 13.9. The van der Waals surface area contributed by atoms with E-state index in [9.17, 15) is 9.50 Å². The number of halogens is 2. The third kappa shape index (κ3) is 3.56. The molecule has 106 valence electrons. The molecule has 0 heterocycles. The topological polar surface area (TPSA) is 32.3 Å². The van der Waals surface area contributed by atoms with Gasteiger partial charge in [0.15, 0.2) is 0 Å². The number of aliphatic hydroxyl groups excluding tert-OH is 1. The molecule has 0 amide bonds. The van der Waals surface area contributed by atoms with E-state index >= 15 is 0 Å². The highest BCUT2D eigenvalue weighted by molar-refractivity contribution is 9.10. The van der Waals surface area contributed by atoms with Crippen molar-refractivity contribution in [3.63, 3.8) is 0 Å². The van der Waals surface area contributed by atoms with Crippen molar-refractivity contribution in [2.45, 2.75) is 44.7 Å². The van der Waals surface area contributed by atoms with Crippen LogP contribution in [0.15, 0.2) is 22.7 Å². The first kappa shape index (κ1) is 14.9. The molecule has 19 heavy (non-hydrogen) atoms. The Balaban J connectivity index is 2.05. The number of rotatable bonds is 4. The third-order valence-electron chi connectivity index (χ3n) is 4.08. The van der Waals surface area contributed by atoms with Gasteiger partial charge in [-0.25, -0.2) is 4.39 Å². The summed E-state index contributed by atoms with van der Waals surface area (Å²) in [6.07, 6.45) is 4.34. The van der Waals surface area contributed by atoms with Crippen LogP contribution in [0.25, 0.3) is 0 Å². The van der Waals surface area contributed by atoms with Crippen molar-refractivity contribution in [1.82, 2.24) is 5.32 Å². The van der Waals surface area contributed by atoms with Gasteiger partial charge in [0.25, 0.3) is 0 Å². The van der Waals surface area contributed by atoms with E-state index < -0.39 is 0 Å². The van der Waals surface area contributed by atoms with Gasteiger partial charge in [0, 0.05) is 12.1 Å². The number of aliphatic hydroxyl groups is 1. The lowest BCUT2D eigenvalue weighted by Gasteiger charge is -2.39. The Morgan fingerprint density at radius 3 is 3.00 bits per heavy atom. The molecule has 0 saturated heterocycles. The summed E-state index contributed by atoms with van der Waals surface area (Å²) < 4.78 is 14.0. The summed E-state index contributed by atoms with van der Waals surface area (Å²) >= 11 is 3.28. The van der Waals surface area contributed by atoms with Crippen LogP contribution in [-0.4, -0.2) is 17.3 Å². The van der Waals surface area contributed by atoms with Gasteiger partial charge in [-0.15, -0.1) is 0 Å². The van der Waals surface area contributed by atoms with Crippen LogP contribution in [0.4, 0.5) is 4.39 Å². The first-order valence-electron chi connectivity index (χ1n) is 6.85. The molecule has 2 atom stereocenters. The Morgan fingerprint density at radius 2 is 2.32 bits per heavy atom. The van der Waals surface area contributed by atoms with Crippen LogP contribution >= 0.6 is 15.9 Å². The van der Waals surface area contributed by atoms with Crippen LogP contribution in [0.1, 0.15) is 38.2 Å². The lowest BCUT2D eigenvalue weighted by atomic mass is 9.77. The lowest BCUT2D eigenvalue weighted by Crippen LogP contribution is -2.51. The van der Waals surface area contributed by atoms with Crippen LogP contribution in [0.3, 0.4) is 0 Å². The van der Waals surface area contributed by atoms with Crippen molar-refractivity contribution in [3.8, 4) is 0 Å². The van der Waals surface area contributed by atoms with Gasteiger partial charge in [-0.1, -0.05) is 31.9 Å². The second kappa shape index (κ2) is 6.33. The maximum atomic E-state index is 13.5. The molecule has 2 rings (SSSR count). The fourth-order valence-electron chi connectivity index (χ4n) is 2.99. The maximum absolute atomic E-state index is 13.5. The third-order valence-corrected chi connectivity index (χ3v) is 4.97. The molecule has 0 aliphatic heterocycles. The van der Waals surface area contributed by atoms with Crippen molar-refractivity contribution < 1.29 is 9.50 Å². The Hall–Kier alpha value is -0.450. The maximum Gasteiger partial charge on any atom is 0.137 e. The normalized spacial score (nSPS) is 27.5. The predicted molar refractivity (Wildman–Crippen MR) is 78.4 cm³/mol. The summed E-state index contributed by atoms with van der Waals surface area (Å²) in [4.78, 5) is 0. The Bertz CT molecular complexity index is 440. The summed E-state index contributed by atoms with van der Waals surface area (Å²) in [6, 6.07) is 5.06. The number of hydrogen-bond donors (Lipinski definition) is 2. The van der Waals surface area contributed by atoms with Crippen molar-refractivity contribution in [1.29, 1.82) is 0 Å². The van der Waals surface area contributed by atoms with Crippen LogP contribution in [0, 0.1) is 11.7 Å². The standard InChI is InChI=1S/C15H21BrFNO/c1-11-4-3-7-15(8-11,10-19)18-9-12-5-2-6-13(17)14(12)16/h2,5-6,11,18-19H,3-4,7-10H2,1H3. The summed E-state index contributed by atoms with van der Waals surface area (Å²) in [6.45, 7) is 2.94. The second-order valence-electron chi connectivity index (χ2n) is 5.71. The zero-order valence-corrected chi connectivity index (χ0v) is 12.8. The molecule has 1 aliphatic rings. The Morgan fingerprint density at radius 1 is 1.53 bits per heavy atom. The van der Waals surface area contributed by atoms with Gasteiger partial charge in [0.05, 0.1) is 11.1 Å². The Kier molecular flexibility index (Phi) is 4.98. The number of hydrogen-bond acceptors (Lipinski definition) is 2. The van der Waals surface area contributed by atoms with E-state index in [4.69, 9.17) is 0 Å². The van der Waals surface area contributed by atoms with Crippen molar-refractivity contribution in [2.24, 2.45) is 5.92 Å². The van der Waals surface area contributed by atoms with Crippen molar-refractivity contribution in [2.75, 3.05) is 6.61 Å². The largest absolute Gasteiger partial charge is 0.394 e. The van der Waals surface area contributed by atoms with Crippen LogP contribution in [-0.2, 0) is 6.54 Å². The summed E-state index contributed by atoms with van der Waals surface area (Å²) in [5.74, 6) is 0.388. The smallest absolute Gasteiger partial charge is 0.137 e. The summed E-state index contributed by atoms with van der Waals surface area (Å²) in [5.41, 5.74) is 0.690. The van der Waals surface area contributed by atoms with E-state index in [0.717, 1.165) is 24.8 Å². The van der Waals surface area contributed by atoms with E-state index in [1.807, 2.05) is 6.07 Å². The van der Waals surface area contributed by atoms with Gasteiger partial charge < -0.3 is 10.4 Å². The zero-order valence-electron chi connectivity index (χ0n) is 11.3. The highest BCUT2D eigenvalue weighted by Gasteiger charge is 2.33. The first-order chi connectivity index (χ1) is 9.06. The highest BCUT2D eigenvalue weighted by Crippen LogP contribution is 2.32. The lowest BCUT2D eigenvalue weighted by molar-refractivity contribution is 0.0981. The van der Waals surface area contributed by atoms with Crippen molar-refractivity contribution in [3.05, 3.63) is 34.1 Å². The molecular formula is C15H21BrFNO.